The van der Waals surface area contributed by atoms with E-state index in [1.54, 1.807) is 0 Å². The molecular weight excluding hydrogens is 492 g/mol. The third-order valence-electron chi connectivity index (χ3n) is 6.22. The lowest BCUT2D eigenvalue weighted by Gasteiger charge is -2.44. The first kappa shape index (κ1) is 24.2. The SMILES string of the molecule is NS(=O)(=O)c1cc(NC(=O)c2cc(C(F)(F)F)cnc2N2C[C@@H]3CC[C@]3(C(F)(F)F)C2)ccn1. The second kappa shape index (κ2) is 7.80. The fourth-order valence-electron chi connectivity index (χ4n) is 4.34. The molecule has 2 fully saturated rings. The van der Waals surface area contributed by atoms with Crippen molar-refractivity contribution >= 4 is 27.4 Å². The van der Waals surface area contributed by atoms with Crippen LogP contribution in [0.4, 0.5) is 37.8 Å². The summed E-state index contributed by atoms with van der Waals surface area (Å²) < 4.78 is 104. The van der Waals surface area contributed by atoms with Crippen molar-refractivity contribution in [1.29, 1.82) is 0 Å². The first-order valence-electron chi connectivity index (χ1n) is 9.81. The van der Waals surface area contributed by atoms with E-state index in [0.717, 1.165) is 12.3 Å². The van der Waals surface area contributed by atoms with Crippen molar-refractivity contribution in [2.45, 2.75) is 30.2 Å². The average molecular weight is 509 g/mol. The Morgan fingerprint density at radius 1 is 1.18 bits per heavy atom. The van der Waals surface area contributed by atoms with Crippen LogP contribution in [0.15, 0.2) is 35.6 Å². The maximum Gasteiger partial charge on any atom is 0.417 e. The van der Waals surface area contributed by atoms with Crippen molar-refractivity contribution in [3.05, 3.63) is 41.7 Å². The van der Waals surface area contributed by atoms with E-state index < -0.39 is 62.3 Å². The molecule has 1 saturated heterocycles. The molecule has 4 rings (SSSR count). The Morgan fingerprint density at radius 2 is 1.88 bits per heavy atom. The number of fused-ring (bicyclic) bond motifs is 1. The maximum atomic E-state index is 13.7. The Hall–Kier alpha value is -2.94. The molecule has 1 aliphatic heterocycles. The Bertz CT molecular complexity index is 1250. The van der Waals surface area contributed by atoms with Gasteiger partial charge in [0.05, 0.1) is 16.5 Å². The molecule has 0 radical (unpaired) electrons. The number of sulfonamides is 1. The highest BCUT2D eigenvalue weighted by molar-refractivity contribution is 7.89. The zero-order valence-electron chi connectivity index (χ0n) is 17.1. The monoisotopic (exact) mass is 509 g/mol. The van der Waals surface area contributed by atoms with Gasteiger partial charge >= 0.3 is 12.4 Å². The lowest BCUT2D eigenvalue weighted by atomic mass is 9.61. The average Bonchev–Trinajstić information content (AvgIpc) is 2.97. The number of amides is 1. The molecule has 3 heterocycles. The number of nitrogens with one attached hydrogen (secondary N) is 1. The minimum absolute atomic E-state index is 0.118. The zero-order valence-corrected chi connectivity index (χ0v) is 17.9. The van der Waals surface area contributed by atoms with Gasteiger partial charge in [-0.2, -0.15) is 26.3 Å². The van der Waals surface area contributed by atoms with Crippen LogP contribution in [0.1, 0.15) is 28.8 Å². The predicted octanol–water partition coefficient (Wildman–Crippen LogP) is 3.17. The molecule has 1 saturated carbocycles. The molecule has 184 valence electrons. The Kier molecular flexibility index (Phi) is 5.55. The van der Waals surface area contributed by atoms with Crippen LogP contribution in [0.3, 0.4) is 0 Å². The van der Waals surface area contributed by atoms with Crippen molar-refractivity contribution in [3.63, 3.8) is 0 Å². The highest BCUT2D eigenvalue weighted by Gasteiger charge is 2.67. The molecule has 2 atom stereocenters. The fraction of sp³-hybridized carbons (Fsp3) is 0.421. The van der Waals surface area contributed by atoms with Gasteiger partial charge < -0.3 is 10.2 Å². The second-order valence-electron chi connectivity index (χ2n) is 8.24. The van der Waals surface area contributed by atoms with Gasteiger partial charge in [0.1, 0.15) is 5.82 Å². The molecule has 0 spiro atoms. The molecule has 1 amide bonds. The van der Waals surface area contributed by atoms with E-state index in [0.29, 0.717) is 18.7 Å². The number of carbonyl (C=O) groups excluding carboxylic acids is 1. The van der Waals surface area contributed by atoms with Crippen molar-refractivity contribution in [3.8, 4) is 0 Å². The van der Waals surface area contributed by atoms with Gasteiger partial charge in [0.2, 0.25) is 0 Å². The first-order valence-corrected chi connectivity index (χ1v) is 11.4. The Labute approximate surface area is 189 Å². The van der Waals surface area contributed by atoms with Crippen molar-refractivity contribution in [2.75, 3.05) is 23.3 Å². The summed E-state index contributed by atoms with van der Waals surface area (Å²) in [5.74, 6) is -2.21. The summed E-state index contributed by atoms with van der Waals surface area (Å²) in [6.45, 7) is -0.659. The van der Waals surface area contributed by atoms with Crippen LogP contribution >= 0.6 is 0 Å². The number of hydrogen-bond acceptors (Lipinski definition) is 6. The lowest BCUT2D eigenvalue weighted by molar-refractivity contribution is -0.258. The zero-order chi connectivity index (χ0) is 25.1. The fourth-order valence-corrected chi connectivity index (χ4v) is 4.84. The van der Waals surface area contributed by atoms with E-state index in [1.165, 1.54) is 11.0 Å². The molecular formula is C19H17F6N5O3S. The minimum atomic E-state index is -4.87. The van der Waals surface area contributed by atoms with Crippen LogP contribution in [0.2, 0.25) is 0 Å². The van der Waals surface area contributed by atoms with Gasteiger partial charge in [-0.05, 0) is 30.9 Å². The quantitative estimate of drug-likeness (QED) is 0.612. The van der Waals surface area contributed by atoms with Gasteiger partial charge in [-0.25, -0.2) is 23.5 Å². The molecule has 8 nitrogen and oxygen atoms in total. The van der Waals surface area contributed by atoms with Crippen LogP contribution in [-0.4, -0.2) is 43.6 Å². The van der Waals surface area contributed by atoms with Crippen molar-refractivity contribution in [1.82, 2.24) is 9.97 Å². The topological polar surface area (TPSA) is 118 Å². The summed E-state index contributed by atoms with van der Waals surface area (Å²) in [4.78, 5) is 21.3. The van der Waals surface area contributed by atoms with Gasteiger partial charge in [0.15, 0.2) is 5.03 Å². The smallest absolute Gasteiger partial charge is 0.355 e. The third kappa shape index (κ3) is 4.17. The first-order chi connectivity index (χ1) is 15.6. The van der Waals surface area contributed by atoms with Crippen LogP contribution < -0.4 is 15.4 Å². The third-order valence-corrected chi connectivity index (χ3v) is 7.03. The molecule has 0 aromatic carbocycles. The van der Waals surface area contributed by atoms with E-state index in [-0.39, 0.29) is 24.5 Å². The second-order valence-corrected chi connectivity index (χ2v) is 9.75. The Balaban J connectivity index is 1.71. The van der Waals surface area contributed by atoms with Crippen LogP contribution in [-0.2, 0) is 16.2 Å². The molecule has 15 heteroatoms. The number of hydrogen-bond donors (Lipinski definition) is 2. The molecule has 0 unspecified atom stereocenters. The molecule has 3 N–H and O–H groups in total. The van der Waals surface area contributed by atoms with E-state index in [4.69, 9.17) is 5.14 Å². The highest BCUT2D eigenvalue weighted by atomic mass is 32.2. The summed E-state index contributed by atoms with van der Waals surface area (Å²) in [7, 11) is -4.24. The number of nitrogens with two attached hydrogens (primary N) is 1. The standard InChI is InChI=1S/C19H17F6N5O3S/c20-18(21,22)11-5-13(16(31)29-12-2-4-27-14(6-12)34(26,32)33)15(28-7-11)30-8-10-1-3-17(10,9-30)19(23,24)25/h2,4-7,10H,1,3,8-9H2,(H2,26,32,33)(H,27,29,31)/t10-,17-/m0/s1. The number of carbonyl (C=O) groups is 1. The molecule has 2 aliphatic rings. The number of aromatic nitrogens is 2. The summed E-state index contributed by atoms with van der Waals surface area (Å²) in [5, 5.41) is 6.62. The van der Waals surface area contributed by atoms with E-state index in [2.05, 4.69) is 15.3 Å². The van der Waals surface area contributed by atoms with Gasteiger partial charge in [-0.15, -0.1) is 0 Å². The summed E-state index contributed by atoms with van der Waals surface area (Å²) in [5.41, 5.74) is -4.03. The number of alkyl halides is 6. The van der Waals surface area contributed by atoms with E-state index >= 15 is 0 Å². The van der Waals surface area contributed by atoms with Crippen LogP contribution in [0.25, 0.3) is 0 Å². The van der Waals surface area contributed by atoms with Gasteiger partial charge in [-0.1, -0.05) is 0 Å². The van der Waals surface area contributed by atoms with E-state index in [1.807, 2.05) is 0 Å². The van der Waals surface area contributed by atoms with Gasteiger partial charge in [0.25, 0.3) is 15.9 Å². The number of nitrogens with zero attached hydrogens (tertiary/aromatic N) is 3. The molecule has 2 aromatic rings. The molecule has 0 bridgehead atoms. The minimum Gasteiger partial charge on any atom is -0.355 e. The van der Waals surface area contributed by atoms with Gasteiger partial charge in [-0.3, -0.25) is 4.79 Å². The summed E-state index contributed by atoms with van der Waals surface area (Å²) >= 11 is 0. The largest absolute Gasteiger partial charge is 0.417 e. The number of primary sulfonamides is 1. The molecule has 34 heavy (non-hydrogen) atoms. The number of anilines is 2. The lowest BCUT2D eigenvalue weighted by Crippen LogP contribution is -2.51. The number of halogens is 6. The molecule has 2 aromatic heterocycles. The van der Waals surface area contributed by atoms with Crippen LogP contribution in [0, 0.1) is 11.3 Å². The Morgan fingerprint density at radius 3 is 2.41 bits per heavy atom. The van der Waals surface area contributed by atoms with Crippen LogP contribution in [0.5, 0.6) is 0 Å². The summed E-state index contributed by atoms with van der Waals surface area (Å²) in [6, 6.07) is 2.56. The van der Waals surface area contributed by atoms with E-state index in [9.17, 15) is 39.6 Å². The van der Waals surface area contributed by atoms with Crippen molar-refractivity contribution < 1.29 is 39.6 Å². The predicted molar refractivity (Wildman–Crippen MR) is 106 cm³/mol. The normalized spacial score (nSPS) is 22.8. The number of pyridine rings is 2. The van der Waals surface area contributed by atoms with Crippen molar-refractivity contribution in [2.24, 2.45) is 16.5 Å². The molecule has 1 aliphatic carbocycles. The maximum absolute atomic E-state index is 13.7. The summed E-state index contributed by atoms with van der Waals surface area (Å²) in [6.07, 6.45) is -7.74. The highest BCUT2D eigenvalue weighted by Crippen LogP contribution is 2.61. The van der Waals surface area contributed by atoms with Gasteiger partial charge in [0, 0.05) is 37.2 Å². The number of rotatable bonds is 4.